The number of aromatic nitrogens is 2. The number of allylic oxidation sites excluding steroid dienone is 1. The molecular weight excluding hydrogens is 464 g/mol. The van der Waals surface area contributed by atoms with Gasteiger partial charge in [0.1, 0.15) is 5.75 Å². The van der Waals surface area contributed by atoms with Crippen LogP contribution in [0.5, 0.6) is 17.2 Å². The van der Waals surface area contributed by atoms with Crippen LogP contribution in [0, 0.1) is 0 Å². The van der Waals surface area contributed by atoms with Gasteiger partial charge in [-0.2, -0.15) is 4.98 Å². The fraction of sp³-hybridized carbons (Fsp3) is 0.346. The summed E-state index contributed by atoms with van der Waals surface area (Å²) in [5, 5.41) is 8.48. The Morgan fingerprint density at radius 1 is 1.11 bits per heavy atom. The summed E-state index contributed by atoms with van der Waals surface area (Å²) in [6.07, 6.45) is 3.32. The number of unbranched alkanes of at least 4 members (excludes halogenated alkanes) is 2. The summed E-state index contributed by atoms with van der Waals surface area (Å²) in [5.41, 5.74) is 3.73. The maximum atomic E-state index is 5.83. The Hall–Kier alpha value is -3.59. The molecule has 0 fully saturated rings. The van der Waals surface area contributed by atoms with Gasteiger partial charge >= 0.3 is 0 Å². The molecule has 2 aromatic carbocycles. The van der Waals surface area contributed by atoms with Crippen LogP contribution >= 0.6 is 12.2 Å². The molecule has 0 bridgehead atoms. The van der Waals surface area contributed by atoms with Gasteiger partial charge in [-0.05, 0) is 61.5 Å². The predicted octanol–water partition coefficient (Wildman–Crippen LogP) is 5.33. The van der Waals surface area contributed by atoms with Crippen molar-refractivity contribution in [2.45, 2.75) is 39.2 Å². The van der Waals surface area contributed by atoms with E-state index in [0.717, 1.165) is 54.0 Å². The minimum Gasteiger partial charge on any atom is -0.497 e. The summed E-state index contributed by atoms with van der Waals surface area (Å²) in [5.74, 6) is 3.11. The van der Waals surface area contributed by atoms with E-state index >= 15 is 0 Å². The number of rotatable bonds is 8. The number of nitrogens with zero attached hydrogens (tertiary/aromatic N) is 3. The number of thiocarbonyl (C=S) groups is 1. The Morgan fingerprint density at radius 2 is 1.91 bits per heavy atom. The van der Waals surface area contributed by atoms with Gasteiger partial charge in [-0.3, -0.25) is 0 Å². The van der Waals surface area contributed by atoms with E-state index in [-0.39, 0.29) is 12.8 Å². The minimum atomic E-state index is -0.235. The standard InChI is InChI=1S/C26H28N4O4S/c1-4-5-6-13-30-16(2)22(23(27-26(30)35)17-7-10-19(31-3)11-8-17)25-28-24(29-34-25)18-9-12-20-21(14-18)33-15-32-20/h7-12,14,23H,4-6,13,15H2,1-3H3,(H,27,35). The Morgan fingerprint density at radius 3 is 2.69 bits per heavy atom. The van der Waals surface area contributed by atoms with Crippen LogP contribution in [-0.4, -0.2) is 40.6 Å². The van der Waals surface area contributed by atoms with Crippen LogP contribution in [0.4, 0.5) is 0 Å². The van der Waals surface area contributed by atoms with Crippen LogP contribution in [0.1, 0.15) is 50.6 Å². The van der Waals surface area contributed by atoms with Gasteiger partial charge in [0.25, 0.3) is 5.89 Å². The summed E-state index contributed by atoms with van der Waals surface area (Å²) < 4.78 is 22.1. The van der Waals surface area contributed by atoms with Crippen molar-refractivity contribution in [2.75, 3.05) is 20.4 Å². The van der Waals surface area contributed by atoms with Crippen molar-refractivity contribution >= 4 is 22.9 Å². The molecule has 182 valence electrons. The first kappa shape index (κ1) is 23.2. The van der Waals surface area contributed by atoms with Gasteiger partial charge in [0, 0.05) is 17.8 Å². The molecule has 3 heterocycles. The third-order valence-corrected chi connectivity index (χ3v) is 6.66. The largest absolute Gasteiger partial charge is 0.497 e. The number of benzene rings is 2. The highest BCUT2D eigenvalue weighted by Crippen LogP contribution is 2.39. The summed E-state index contributed by atoms with van der Waals surface area (Å²) >= 11 is 5.77. The van der Waals surface area contributed by atoms with Gasteiger partial charge in [-0.25, -0.2) is 0 Å². The molecule has 0 spiro atoms. The maximum Gasteiger partial charge on any atom is 0.258 e. The number of methoxy groups -OCH3 is 1. The molecule has 2 aliphatic rings. The molecule has 3 aromatic rings. The highest BCUT2D eigenvalue weighted by atomic mass is 32.1. The van der Waals surface area contributed by atoms with E-state index in [1.807, 2.05) is 42.5 Å². The van der Waals surface area contributed by atoms with E-state index in [1.54, 1.807) is 7.11 Å². The molecule has 2 aliphatic heterocycles. The lowest BCUT2D eigenvalue weighted by Gasteiger charge is -2.37. The zero-order valence-corrected chi connectivity index (χ0v) is 20.9. The summed E-state index contributed by atoms with van der Waals surface area (Å²) in [4.78, 5) is 6.91. The molecule has 1 aromatic heterocycles. The molecule has 1 atom stereocenters. The first-order chi connectivity index (χ1) is 17.1. The molecule has 1 N–H and O–H groups in total. The van der Waals surface area contributed by atoms with Gasteiger partial charge in [0.15, 0.2) is 16.6 Å². The van der Waals surface area contributed by atoms with E-state index < -0.39 is 0 Å². The van der Waals surface area contributed by atoms with Crippen molar-refractivity contribution < 1.29 is 18.7 Å². The first-order valence-electron chi connectivity index (χ1n) is 11.8. The Bertz CT molecular complexity index is 1250. The van der Waals surface area contributed by atoms with Gasteiger partial charge in [-0.15, -0.1) is 0 Å². The molecular formula is C26H28N4O4S. The zero-order chi connectivity index (χ0) is 24.4. The number of hydrogen-bond acceptors (Lipinski definition) is 7. The quantitative estimate of drug-likeness (QED) is 0.331. The van der Waals surface area contributed by atoms with Crippen LogP contribution in [-0.2, 0) is 0 Å². The van der Waals surface area contributed by atoms with Crippen molar-refractivity contribution in [3.8, 4) is 28.6 Å². The maximum absolute atomic E-state index is 5.83. The number of fused-ring (bicyclic) bond motifs is 1. The fourth-order valence-corrected chi connectivity index (χ4v) is 4.73. The predicted molar refractivity (Wildman–Crippen MR) is 136 cm³/mol. The lowest BCUT2D eigenvalue weighted by Crippen LogP contribution is -2.46. The van der Waals surface area contributed by atoms with Crippen LogP contribution in [0.15, 0.2) is 52.7 Å². The number of hydrogen-bond donors (Lipinski definition) is 1. The highest BCUT2D eigenvalue weighted by Gasteiger charge is 2.34. The number of nitrogens with one attached hydrogen (secondary N) is 1. The van der Waals surface area contributed by atoms with Crippen molar-refractivity contribution in [1.29, 1.82) is 0 Å². The van der Waals surface area contributed by atoms with Gasteiger partial charge in [-0.1, -0.05) is 37.1 Å². The summed E-state index contributed by atoms with van der Waals surface area (Å²) in [7, 11) is 1.66. The van der Waals surface area contributed by atoms with Gasteiger partial charge in [0.2, 0.25) is 12.6 Å². The van der Waals surface area contributed by atoms with Gasteiger partial charge < -0.3 is 29.0 Å². The minimum absolute atomic E-state index is 0.214. The molecule has 0 saturated carbocycles. The first-order valence-corrected chi connectivity index (χ1v) is 12.2. The Labute approximate surface area is 209 Å². The number of ether oxygens (including phenoxy) is 3. The molecule has 1 unspecified atom stereocenters. The molecule has 0 amide bonds. The van der Waals surface area contributed by atoms with E-state index in [9.17, 15) is 0 Å². The lowest BCUT2D eigenvalue weighted by atomic mass is 9.94. The average molecular weight is 493 g/mol. The summed E-state index contributed by atoms with van der Waals surface area (Å²) in [6.45, 7) is 5.30. The van der Waals surface area contributed by atoms with Crippen LogP contribution < -0.4 is 19.5 Å². The van der Waals surface area contributed by atoms with Crippen molar-refractivity contribution in [1.82, 2.24) is 20.4 Å². The van der Waals surface area contributed by atoms with Crippen molar-refractivity contribution in [3.05, 3.63) is 59.6 Å². The molecule has 0 aliphatic carbocycles. The molecule has 0 saturated heterocycles. The van der Waals surface area contributed by atoms with Crippen molar-refractivity contribution in [2.24, 2.45) is 0 Å². The normalized spacial score (nSPS) is 17.1. The van der Waals surface area contributed by atoms with Gasteiger partial charge in [0.05, 0.1) is 18.7 Å². The zero-order valence-electron chi connectivity index (χ0n) is 20.0. The van der Waals surface area contributed by atoms with E-state index in [1.165, 1.54) is 0 Å². The van der Waals surface area contributed by atoms with Crippen molar-refractivity contribution in [3.63, 3.8) is 0 Å². The van der Waals surface area contributed by atoms with Crippen LogP contribution in [0.2, 0.25) is 0 Å². The fourth-order valence-electron chi connectivity index (χ4n) is 4.38. The molecule has 8 nitrogen and oxygen atoms in total. The Kier molecular flexibility index (Phi) is 6.59. The smallest absolute Gasteiger partial charge is 0.258 e. The SMILES string of the molecule is CCCCCN1C(=S)NC(c2ccc(OC)cc2)C(c2nc(-c3ccc4c(c3)OCO4)no2)=C1C. The second-order valence-electron chi connectivity index (χ2n) is 8.50. The topological polar surface area (TPSA) is 81.9 Å². The van der Waals surface area contributed by atoms with E-state index in [2.05, 4.69) is 29.2 Å². The lowest BCUT2D eigenvalue weighted by molar-refractivity contribution is 0.174. The van der Waals surface area contributed by atoms with E-state index in [0.29, 0.717) is 28.3 Å². The third-order valence-electron chi connectivity index (χ3n) is 6.32. The molecule has 0 radical (unpaired) electrons. The van der Waals surface area contributed by atoms with E-state index in [4.69, 9.17) is 35.9 Å². The molecule has 9 heteroatoms. The highest BCUT2D eigenvalue weighted by molar-refractivity contribution is 7.80. The molecule has 35 heavy (non-hydrogen) atoms. The summed E-state index contributed by atoms with van der Waals surface area (Å²) in [6, 6.07) is 13.3. The third kappa shape index (κ3) is 4.55. The van der Waals surface area contributed by atoms with Crippen LogP contribution in [0.3, 0.4) is 0 Å². The van der Waals surface area contributed by atoms with Crippen LogP contribution in [0.25, 0.3) is 17.0 Å². The second kappa shape index (κ2) is 9.95. The monoisotopic (exact) mass is 492 g/mol. The molecule has 5 rings (SSSR count). The second-order valence-corrected chi connectivity index (χ2v) is 8.89. The average Bonchev–Trinajstić information content (AvgIpc) is 3.55. The Balaban J connectivity index is 1.54.